The molecule has 0 unspecified atom stereocenters. The van der Waals surface area contributed by atoms with Crippen molar-refractivity contribution < 1.29 is 27.5 Å². The molecule has 10 aromatic rings. The molecule has 66 heavy (non-hydrogen) atoms. The minimum atomic E-state index is -0.831. The molecule has 2 aromatic heterocycles. The van der Waals surface area contributed by atoms with Crippen LogP contribution in [-0.4, -0.2) is 19.6 Å². The van der Waals surface area contributed by atoms with Crippen LogP contribution in [0.1, 0.15) is 53.0 Å². The van der Waals surface area contributed by atoms with Crippen LogP contribution >= 0.6 is 0 Å². The number of phenols is 1. The first kappa shape index (κ1) is 42.8. The number of aromatic hydroxyl groups is 1. The third kappa shape index (κ3) is 8.70. The number of pyridine rings is 1. The summed E-state index contributed by atoms with van der Waals surface area (Å²) in [5, 5.41) is 11.5. The maximum atomic E-state index is 11.5. The number of phenolic OH excluding ortho intramolecular Hbond substituents is 1. The maximum Gasteiger partial charge on any atom is 0.148 e. The van der Waals surface area contributed by atoms with E-state index in [1.54, 1.807) is 6.07 Å². The van der Waals surface area contributed by atoms with Gasteiger partial charge in [-0.05, 0) is 92.2 Å². The summed E-state index contributed by atoms with van der Waals surface area (Å²) in [5.41, 5.74) is 17.3. The number of rotatable bonds is 9. The van der Waals surface area contributed by atoms with E-state index in [4.69, 9.17) is 11.3 Å². The Bertz CT molecular complexity index is 3370. The fourth-order valence-electron chi connectivity index (χ4n) is 8.72. The molecule has 0 aliphatic heterocycles. The molecule has 0 atom stereocenters. The third-order valence-corrected chi connectivity index (χ3v) is 12.3. The Kier molecular flexibility index (Phi) is 11.9. The molecule has 0 saturated carbocycles. The van der Waals surface area contributed by atoms with Gasteiger partial charge in [-0.2, -0.15) is 0 Å². The zero-order valence-corrected chi connectivity index (χ0v) is 39.9. The van der Waals surface area contributed by atoms with Crippen molar-refractivity contribution in [2.45, 2.75) is 45.9 Å². The SMILES string of the molecule is [2H]C(C)(C)c1ccc(-n2c(-c3ccccc3O)nc3c(-c4[c-]c(-c5cc(-c6ccc(-c7ccccc7)cc6)ccn5)cc(-c5ccccc5)c4)cccc32)c(-c2ccc(C(C)(C)C)cc2)c1.[Pt]. The van der Waals surface area contributed by atoms with Gasteiger partial charge < -0.3 is 5.11 Å². The third-order valence-electron chi connectivity index (χ3n) is 12.3. The van der Waals surface area contributed by atoms with Crippen molar-refractivity contribution in [1.29, 1.82) is 0 Å². The molecule has 0 bridgehead atoms. The fourth-order valence-corrected chi connectivity index (χ4v) is 8.72. The summed E-state index contributed by atoms with van der Waals surface area (Å²) < 4.78 is 11.2. The predicted octanol–water partition coefficient (Wildman–Crippen LogP) is 16.0. The first-order valence-electron chi connectivity index (χ1n) is 22.7. The summed E-state index contributed by atoms with van der Waals surface area (Å²) in [6.07, 6.45) is 1.88. The average molecular weight is 1040 g/mol. The van der Waals surface area contributed by atoms with Gasteiger partial charge in [0.1, 0.15) is 11.6 Å². The van der Waals surface area contributed by atoms with Crippen LogP contribution in [0.3, 0.4) is 0 Å². The number of nitrogens with zero attached hydrogens (tertiary/aromatic N) is 3. The van der Waals surface area contributed by atoms with Crippen LogP contribution in [0.4, 0.5) is 0 Å². The number of fused-ring (bicyclic) bond motifs is 1. The molecule has 0 aliphatic rings. The molecule has 5 heteroatoms. The second-order valence-electron chi connectivity index (χ2n) is 18.0. The van der Waals surface area contributed by atoms with Gasteiger partial charge in [-0.1, -0.05) is 197 Å². The molecule has 1 N–H and O–H groups in total. The monoisotopic (exact) mass is 1040 g/mol. The molecule has 0 amide bonds. The predicted molar refractivity (Wildman–Crippen MR) is 270 cm³/mol. The van der Waals surface area contributed by atoms with Crippen molar-refractivity contribution >= 4 is 11.0 Å². The van der Waals surface area contributed by atoms with E-state index < -0.39 is 5.89 Å². The van der Waals surface area contributed by atoms with Crippen LogP contribution < -0.4 is 0 Å². The Morgan fingerprint density at radius 1 is 0.545 bits per heavy atom. The van der Waals surface area contributed by atoms with Gasteiger partial charge in [0, 0.05) is 39.9 Å². The molecular weight excluding hydrogens is 986 g/mol. The fraction of sp³-hybridized carbons (Fsp3) is 0.115. The van der Waals surface area contributed by atoms with E-state index in [1.807, 2.05) is 56.4 Å². The van der Waals surface area contributed by atoms with Crippen LogP contribution in [-0.2, 0) is 26.5 Å². The summed E-state index contributed by atoms with van der Waals surface area (Å²) in [4.78, 5) is 10.4. The second-order valence-corrected chi connectivity index (χ2v) is 18.0. The van der Waals surface area contributed by atoms with E-state index in [-0.39, 0.29) is 32.2 Å². The first-order valence-corrected chi connectivity index (χ1v) is 22.2. The Morgan fingerprint density at radius 2 is 1.14 bits per heavy atom. The molecule has 8 aromatic carbocycles. The zero-order valence-electron chi connectivity index (χ0n) is 38.7. The van der Waals surface area contributed by atoms with Crippen molar-refractivity contribution in [1.82, 2.24) is 14.5 Å². The van der Waals surface area contributed by atoms with Crippen molar-refractivity contribution in [3.63, 3.8) is 0 Å². The van der Waals surface area contributed by atoms with Gasteiger partial charge in [0.05, 0.1) is 22.3 Å². The minimum Gasteiger partial charge on any atom is -0.507 e. The molecule has 0 radical (unpaired) electrons. The number of hydrogen-bond donors (Lipinski definition) is 1. The van der Waals surface area contributed by atoms with Crippen LogP contribution in [0.2, 0.25) is 0 Å². The van der Waals surface area contributed by atoms with Gasteiger partial charge in [0.25, 0.3) is 0 Å². The van der Waals surface area contributed by atoms with Crippen LogP contribution in [0.15, 0.2) is 200 Å². The molecule has 2 heterocycles. The number of aromatic nitrogens is 3. The number of benzene rings is 8. The number of para-hydroxylation sites is 2. The average Bonchev–Trinajstić information content (AvgIpc) is 3.73. The van der Waals surface area contributed by atoms with Crippen molar-refractivity contribution in [3.8, 4) is 89.7 Å². The molecule has 10 rings (SSSR count). The summed E-state index contributed by atoms with van der Waals surface area (Å²) in [6.45, 7) is 10.5. The Balaban J connectivity index is 0.00000562. The quantitative estimate of drug-likeness (QED) is 0.147. The molecule has 0 saturated heterocycles. The Labute approximate surface area is 404 Å². The van der Waals surface area contributed by atoms with Crippen molar-refractivity contribution in [3.05, 3.63) is 218 Å². The normalized spacial score (nSPS) is 11.9. The number of hydrogen-bond acceptors (Lipinski definition) is 3. The zero-order chi connectivity index (χ0) is 45.6. The van der Waals surface area contributed by atoms with Crippen molar-refractivity contribution in [2.75, 3.05) is 0 Å². The van der Waals surface area contributed by atoms with Gasteiger partial charge in [-0.25, -0.2) is 4.98 Å². The molecule has 0 fully saturated rings. The van der Waals surface area contributed by atoms with Crippen LogP contribution in [0, 0.1) is 6.07 Å². The number of imidazole rings is 1. The minimum absolute atomic E-state index is 0. The topological polar surface area (TPSA) is 50.9 Å². The van der Waals surface area contributed by atoms with Gasteiger partial charge >= 0.3 is 0 Å². The van der Waals surface area contributed by atoms with Gasteiger partial charge in [0.15, 0.2) is 0 Å². The largest absolute Gasteiger partial charge is 0.507 e. The van der Waals surface area contributed by atoms with E-state index >= 15 is 0 Å². The van der Waals surface area contributed by atoms with Crippen LogP contribution in [0.5, 0.6) is 5.75 Å². The second kappa shape index (κ2) is 18.4. The summed E-state index contributed by atoms with van der Waals surface area (Å²) in [6, 6.07) is 70.6. The van der Waals surface area contributed by atoms with E-state index in [2.05, 4.69) is 183 Å². The van der Waals surface area contributed by atoms with E-state index in [0.29, 0.717) is 11.4 Å². The first-order chi connectivity index (χ1) is 31.9. The summed E-state index contributed by atoms with van der Waals surface area (Å²) in [5.74, 6) is -0.0913. The molecule has 0 spiro atoms. The summed E-state index contributed by atoms with van der Waals surface area (Å²) >= 11 is 0. The van der Waals surface area contributed by atoms with E-state index in [0.717, 1.165) is 78.0 Å². The maximum absolute atomic E-state index is 11.5. The van der Waals surface area contributed by atoms with Gasteiger partial charge in [0.2, 0.25) is 0 Å². The summed E-state index contributed by atoms with van der Waals surface area (Å²) in [7, 11) is 0. The van der Waals surface area contributed by atoms with Gasteiger partial charge in [-0.3, -0.25) is 9.55 Å². The molecule has 0 aliphatic carbocycles. The molecule has 4 nitrogen and oxygen atoms in total. The standard InChI is InChI=1S/C61H50N3O.Pt/c1-40(2)46-29-32-56(54(38-46)45-27-30-51(31-28-45)61(3,4)5)64-57-21-14-20-52(59(57)63-60(64)53-19-12-13-22-58(53)65)49-35-48(42-17-10-7-11-18-42)36-50(37-49)55-39-47(33-34-62-55)44-25-23-43(24-26-44)41-15-8-6-9-16-41;/h6-36,38-40,65H,1-5H3;/q-1;/i40D;. The van der Waals surface area contributed by atoms with E-state index in [9.17, 15) is 5.11 Å². The Hall–Kier alpha value is -7.13. The smallest absolute Gasteiger partial charge is 0.148 e. The van der Waals surface area contributed by atoms with Gasteiger partial charge in [-0.15, -0.1) is 23.8 Å². The Morgan fingerprint density at radius 3 is 1.80 bits per heavy atom. The van der Waals surface area contributed by atoms with Crippen LogP contribution in [0.25, 0.3) is 95.0 Å². The van der Waals surface area contributed by atoms with E-state index in [1.165, 1.54) is 16.7 Å². The van der Waals surface area contributed by atoms with Crippen molar-refractivity contribution in [2.24, 2.45) is 0 Å². The molecular formula is C61H50N3OPt-. The molecule has 326 valence electrons.